The van der Waals surface area contributed by atoms with Gasteiger partial charge in [-0.05, 0) is 25.8 Å². The summed E-state index contributed by atoms with van der Waals surface area (Å²) in [6.07, 6.45) is 3.57. The van der Waals surface area contributed by atoms with Crippen molar-refractivity contribution in [3.63, 3.8) is 0 Å². The SMILES string of the molecule is CCCNCC1(CN2CCOCC2CC)CCOC1. The molecule has 1 N–H and O–H groups in total. The van der Waals surface area contributed by atoms with E-state index >= 15 is 0 Å². The molecule has 2 aliphatic heterocycles. The van der Waals surface area contributed by atoms with Crippen LogP contribution >= 0.6 is 0 Å². The van der Waals surface area contributed by atoms with Gasteiger partial charge >= 0.3 is 0 Å². The van der Waals surface area contributed by atoms with E-state index in [0.29, 0.717) is 11.5 Å². The van der Waals surface area contributed by atoms with Crippen LogP contribution in [0.3, 0.4) is 0 Å². The lowest BCUT2D eigenvalue weighted by Gasteiger charge is -2.41. The van der Waals surface area contributed by atoms with Gasteiger partial charge in [0.15, 0.2) is 0 Å². The minimum Gasteiger partial charge on any atom is -0.381 e. The molecule has 0 saturated carbocycles. The molecule has 4 nitrogen and oxygen atoms in total. The van der Waals surface area contributed by atoms with Crippen molar-refractivity contribution in [2.75, 3.05) is 52.6 Å². The standard InChI is InChI=1S/C15H30N2O2/c1-3-6-16-11-15(5-8-19-13-15)12-17-7-9-18-10-14(17)4-2/h14,16H,3-13H2,1-2H3. The van der Waals surface area contributed by atoms with Crippen molar-refractivity contribution in [3.8, 4) is 0 Å². The average Bonchev–Trinajstić information content (AvgIpc) is 2.88. The van der Waals surface area contributed by atoms with E-state index in [1.807, 2.05) is 0 Å². The molecule has 112 valence electrons. The lowest BCUT2D eigenvalue weighted by Crippen LogP contribution is -2.52. The molecule has 2 atom stereocenters. The van der Waals surface area contributed by atoms with Crippen LogP contribution in [0, 0.1) is 5.41 Å². The average molecular weight is 270 g/mol. The van der Waals surface area contributed by atoms with Gasteiger partial charge in [0.05, 0.1) is 19.8 Å². The van der Waals surface area contributed by atoms with Gasteiger partial charge in [0.2, 0.25) is 0 Å². The molecule has 2 saturated heterocycles. The fraction of sp³-hybridized carbons (Fsp3) is 1.00. The number of nitrogens with zero attached hydrogens (tertiary/aromatic N) is 1. The summed E-state index contributed by atoms with van der Waals surface area (Å²) in [7, 11) is 0. The molecule has 2 rings (SSSR count). The molecular weight excluding hydrogens is 240 g/mol. The second-order valence-corrected chi connectivity index (χ2v) is 6.09. The quantitative estimate of drug-likeness (QED) is 0.711. The van der Waals surface area contributed by atoms with Gasteiger partial charge in [-0.3, -0.25) is 4.90 Å². The van der Waals surface area contributed by atoms with Crippen molar-refractivity contribution >= 4 is 0 Å². The molecule has 4 heteroatoms. The van der Waals surface area contributed by atoms with Gasteiger partial charge in [0.25, 0.3) is 0 Å². The van der Waals surface area contributed by atoms with Crippen LogP contribution < -0.4 is 5.32 Å². The Morgan fingerprint density at radius 3 is 2.84 bits per heavy atom. The van der Waals surface area contributed by atoms with Crippen LogP contribution in [0.1, 0.15) is 33.1 Å². The molecule has 2 fully saturated rings. The van der Waals surface area contributed by atoms with Crippen LogP contribution in [-0.2, 0) is 9.47 Å². The third-order valence-electron chi connectivity index (χ3n) is 4.47. The fourth-order valence-corrected chi connectivity index (χ4v) is 3.20. The molecule has 2 heterocycles. The Morgan fingerprint density at radius 2 is 2.16 bits per heavy atom. The van der Waals surface area contributed by atoms with Crippen LogP contribution in [0.2, 0.25) is 0 Å². The Kier molecular flexibility index (Phi) is 6.07. The van der Waals surface area contributed by atoms with Gasteiger partial charge in [-0.1, -0.05) is 13.8 Å². The first-order chi connectivity index (χ1) is 9.29. The maximum absolute atomic E-state index is 5.70. The molecule has 0 aromatic rings. The summed E-state index contributed by atoms with van der Waals surface area (Å²) in [5.41, 5.74) is 0.319. The van der Waals surface area contributed by atoms with Crippen molar-refractivity contribution in [1.82, 2.24) is 10.2 Å². The largest absolute Gasteiger partial charge is 0.381 e. The molecule has 0 aromatic carbocycles. The highest BCUT2D eigenvalue weighted by molar-refractivity contribution is 4.90. The molecule has 0 spiro atoms. The first kappa shape index (κ1) is 15.2. The summed E-state index contributed by atoms with van der Waals surface area (Å²) in [5.74, 6) is 0. The number of morpholine rings is 1. The first-order valence-electron chi connectivity index (χ1n) is 7.90. The van der Waals surface area contributed by atoms with Crippen LogP contribution in [0.4, 0.5) is 0 Å². The number of hydrogen-bond donors (Lipinski definition) is 1. The summed E-state index contributed by atoms with van der Waals surface area (Å²) in [4.78, 5) is 2.63. The van der Waals surface area contributed by atoms with Gasteiger partial charge in [0, 0.05) is 37.7 Å². The van der Waals surface area contributed by atoms with E-state index in [0.717, 1.165) is 52.6 Å². The van der Waals surface area contributed by atoms with Gasteiger partial charge in [0.1, 0.15) is 0 Å². The van der Waals surface area contributed by atoms with Crippen molar-refractivity contribution < 1.29 is 9.47 Å². The van der Waals surface area contributed by atoms with Crippen LogP contribution in [0.5, 0.6) is 0 Å². The Morgan fingerprint density at radius 1 is 1.26 bits per heavy atom. The Labute approximate surface area is 117 Å². The summed E-state index contributed by atoms with van der Waals surface area (Å²) in [6, 6.07) is 0.595. The van der Waals surface area contributed by atoms with E-state index in [-0.39, 0.29) is 0 Å². The third kappa shape index (κ3) is 4.15. The molecule has 19 heavy (non-hydrogen) atoms. The number of ether oxygens (including phenoxy) is 2. The van der Waals surface area contributed by atoms with Gasteiger partial charge in [-0.25, -0.2) is 0 Å². The van der Waals surface area contributed by atoms with Crippen LogP contribution in [-0.4, -0.2) is 63.5 Å². The van der Waals surface area contributed by atoms with E-state index < -0.39 is 0 Å². The van der Waals surface area contributed by atoms with Crippen molar-refractivity contribution in [2.45, 2.75) is 39.2 Å². The highest BCUT2D eigenvalue weighted by Gasteiger charge is 2.38. The number of rotatable bonds is 7. The molecule has 0 aliphatic carbocycles. The maximum Gasteiger partial charge on any atom is 0.0622 e. The van der Waals surface area contributed by atoms with Crippen molar-refractivity contribution in [2.24, 2.45) is 5.41 Å². The first-order valence-corrected chi connectivity index (χ1v) is 7.90. The molecule has 0 bridgehead atoms. The predicted molar refractivity (Wildman–Crippen MR) is 77.5 cm³/mol. The monoisotopic (exact) mass is 270 g/mol. The highest BCUT2D eigenvalue weighted by Crippen LogP contribution is 2.30. The molecule has 0 radical (unpaired) electrons. The number of nitrogens with one attached hydrogen (secondary N) is 1. The van der Waals surface area contributed by atoms with E-state index in [9.17, 15) is 0 Å². The Bertz CT molecular complexity index is 255. The zero-order valence-corrected chi connectivity index (χ0v) is 12.6. The molecule has 2 aliphatic rings. The fourth-order valence-electron chi connectivity index (χ4n) is 3.20. The lowest BCUT2D eigenvalue weighted by atomic mass is 9.85. The van der Waals surface area contributed by atoms with E-state index in [1.54, 1.807) is 0 Å². The van der Waals surface area contributed by atoms with E-state index in [4.69, 9.17) is 9.47 Å². The number of hydrogen-bond acceptors (Lipinski definition) is 4. The zero-order chi connectivity index (χ0) is 13.6. The normalized spacial score (nSPS) is 32.8. The zero-order valence-electron chi connectivity index (χ0n) is 12.6. The summed E-state index contributed by atoms with van der Waals surface area (Å²) in [5, 5.41) is 3.60. The smallest absolute Gasteiger partial charge is 0.0622 e. The topological polar surface area (TPSA) is 33.7 Å². The second kappa shape index (κ2) is 7.58. The molecular formula is C15H30N2O2. The van der Waals surface area contributed by atoms with Crippen LogP contribution in [0.15, 0.2) is 0 Å². The maximum atomic E-state index is 5.70. The predicted octanol–water partition coefficient (Wildman–Crippen LogP) is 1.50. The van der Waals surface area contributed by atoms with Crippen LogP contribution in [0.25, 0.3) is 0 Å². The summed E-state index contributed by atoms with van der Waals surface area (Å²) < 4.78 is 11.3. The van der Waals surface area contributed by atoms with Gasteiger partial charge in [-0.15, -0.1) is 0 Å². The Balaban J connectivity index is 1.91. The minimum absolute atomic E-state index is 0.319. The minimum atomic E-state index is 0.319. The molecule has 0 amide bonds. The second-order valence-electron chi connectivity index (χ2n) is 6.09. The lowest BCUT2D eigenvalue weighted by molar-refractivity contribution is -0.0294. The van der Waals surface area contributed by atoms with Crippen molar-refractivity contribution in [1.29, 1.82) is 0 Å². The van der Waals surface area contributed by atoms with Gasteiger partial charge < -0.3 is 14.8 Å². The van der Waals surface area contributed by atoms with Gasteiger partial charge in [-0.2, -0.15) is 0 Å². The van der Waals surface area contributed by atoms with E-state index in [2.05, 4.69) is 24.1 Å². The van der Waals surface area contributed by atoms with E-state index in [1.165, 1.54) is 19.3 Å². The molecule has 2 unspecified atom stereocenters. The summed E-state index contributed by atoms with van der Waals surface area (Å²) in [6.45, 7) is 12.5. The third-order valence-corrected chi connectivity index (χ3v) is 4.47. The molecule has 0 aromatic heterocycles. The summed E-state index contributed by atoms with van der Waals surface area (Å²) >= 11 is 0. The highest BCUT2D eigenvalue weighted by atomic mass is 16.5. The Hall–Kier alpha value is -0.160. The van der Waals surface area contributed by atoms with Crippen molar-refractivity contribution in [3.05, 3.63) is 0 Å².